The zero-order valence-corrected chi connectivity index (χ0v) is 13.4. The molecule has 2 rings (SSSR count). The van der Waals surface area contributed by atoms with Gasteiger partial charge in [0.2, 0.25) is 0 Å². The largest absolute Gasteiger partial charge is 0.482 e. The smallest absolute Gasteiger partial charge is 0.344 e. The van der Waals surface area contributed by atoms with Crippen LogP contribution in [0.25, 0.3) is 10.8 Å². The van der Waals surface area contributed by atoms with Gasteiger partial charge in [-0.1, -0.05) is 37.3 Å². The summed E-state index contributed by atoms with van der Waals surface area (Å²) < 4.78 is 10.3. The fraction of sp³-hybridized carbons (Fsp3) is 0.333. The van der Waals surface area contributed by atoms with Crippen LogP contribution in [0.5, 0.6) is 5.75 Å². The average Bonchev–Trinajstić information content (AvgIpc) is 2.57. The van der Waals surface area contributed by atoms with Crippen molar-refractivity contribution in [3.05, 3.63) is 42.5 Å². The molecule has 2 aromatic carbocycles. The molecular formula is C18H21NO4. The Balaban J connectivity index is 1.78. The van der Waals surface area contributed by atoms with Crippen molar-refractivity contribution < 1.29 is 19.1 Å². The van der Waals surface area contributed by atoms with Gasteiger partial charge in [0.15, 0.2) is 13.2 Å². The SMILES string of the molecule is CCC(C)NC(=O)COC(=O)COc1ccc2ccccc2c1. The van der Waals surface area contributed by atoms with E-state index in [0.29, 0.717) is 5.75 Å². The molecule has 0 saturated heterocycles. The van der Waals surface area contributed by atoms with Crippen molar-refractivity contribution in [2.75, 3.05) is 13.2 Å². The first-order valence-corrected chi connectivity index (χ1v) is 7.65. The summed E-state index contributed by atoms with van der Waals surface area (Å²) in [5.41, 5.74) is 0. The zero-order chi connectivity index (χ0) is 16.7. The minimum atomic E-state index is -0.572. The zero-order valence-electron chi connectivity index (χ0n) is 13.4. The van der Waals surface area contributed by atoms with Crippen molar-refractivity contribution in [1.29, 1.82) is 0 Å². The summed E-state index contributed by atoms with van der Waals surface area (Å²) in [6, 6.07) is 13.5. The Kier molecular flexibility index (Phi) is 5.97. The number of carbonyl (C=O) groups is 2. The standard InChI is InChI=1S/C18H21NO4/c1-3-13(2)19-17(20)11-23-18(21)12-22-16-9-8-14-6-4-5-7-15(14)10-16/h4-10,13H,3,11-12H2,1-2H3,(H,19,20). The number of hydrogen-bond donors (Lipinski definition) is 1. The Hall–Kier alpha value is -2.56. The van der Waals surface area contributed by atoms with E-state index in [9.17, 15) is 9.59 Å². The van der Waals surface area contributed by atoms with Crippen LogP contribution >= 0.6 is 0 Å². The third-order valence-corrected chi connectivity index (χ3v) is 3.46. The molecule has 122 valence electrons. The number of esters is 1. The van der Waals surface area contributed by atoms with Gasteiger partial charge >= 0.3 is 5.97 Å². The van der Waals surface area contributed by atoms with E-state index in [-0.39, 0.29) is 25.2 Å². The Labute approximate surface area is 135 Å². The first kappa shape index (κ1) is 16.8. The highest BCUT2D eigenvalue weighted by Crippen LogP contribution is 2.20. The van der Waals surface area contributed by atoms with E-state index in [1.807, 2.05) is 50.2 Å². The molecule has 0 aliphatic rings. The number of ether oxygens (including phenoxy) is 2. The minimum Gasteiger partial charge on any atom is -0.482 e. The van der Waals surface area contributed by atoms with Gasteiger partial charge in [0.05, 0.1) is 0 Å². The van der Waals surface area contributed by atoms with Crippen molar-refractivity contribution in [3.63, 3.8) is 0 Å². The van der Waals surface area contributed by atoms with Gasteiger partial charge < -0.3 is 14.8 Å². The third kappa shape index (κ3) is 5.29. The third-order valence-electron chi connectivity index (χ3n) is 3.46. The predicted molar refractivity (Wildman–Crippen MR) is 88.3 cm³/mol. The van der Waals surface area contributed by atoms with Gasteiger partial charge in [0.25, 0.3) is 5.91 Å². The molecule has 1 unspecified atom stereocenters. The van der Waals surface area contributed by atoms with Gasteiger partial charge in [-0.3, -0.25) is 4.79 Å². The number of carbonyl (C=O) groups excluding carboxylic acids is 2. The molecule has 0 aliphatic carbocycles. The lowest BCUT2D eigenvalue weighted by molar-refractivity contribution is -0.150. The molecule has 0 spiro atoms. The van der Waals surface area contributed by atoms with E-state index in [4.69, 9.17) is 9.47 Å². The summed E-state index contributed by atoms with van der Waals surface area (Å²) >= 11 is 0. The number of rotatable bonds is 7. The summed E-state index contributed by atoms with van der Waals surface area (Å²) in [4.78, 5) is 23.1. The summed E-state index contributed by atoms with van der Waals surface area (Å²) in [7, 11) is 0. The molecule has 5 nitrogen and oxygen atoms in total. The van der Waals surface area contributed by atoms with Crippen molar-refractivity contribution in [2.24, 2.45) is 0 Å². The lowest BCUT2D eigenvalue weighted by Crippen LogP contribution is -2.35. The molecule has 1 amide bonds. The molecule has 0 fully saturated rings. The second-order valence-corrected chi connectivity index (χ2v) is 5.34. The van der Waals surface area contributed by atoms with Gasteiger partial charge in [-0.2, -0.15) is 0 Å². The predicted octanol–water partition coefficient (Wildman–Crippen LogP) is 2.68. The normalized spacial score (nSPS) is 11.7. The molecule has 5 heteroatoms. The summed E-state index contributed by atoms with van der Waals surface area (Å²) in [6.07, 6.45) is 0.824. The molecular weight excluding hydrogens is 294 g/mol. The molecule has 0 radical (unpaired) electrons. The first-order chi connectivity index (χ1) is 11.1. The molecule has 0 heterocycles. The van der Waals surface area contributed by atoms with Gasteiger partial charge in [-0.15, -0.1) is 0 Å². The Morgan fingerprint density at radius 1 is 1.09 bits per heavy atom. The maximum atomic E-state index is 11.6. The maximum Gasteiger partial charge on any atom is 0.344 e. The molecule has 1 atom stereocenters. The molecule has 1 N–H and O–H groups in total. The number of fused-ring (bicyclic) bond motifs is 1. The Bertz CT molecular complexity index is 684. The number of amides is 1. The van der Waals surface area contributed by atoms with Crippen LogP contribution in [0.2, 0.25) is 0 Å². The molecule has 0 saturated carbocycles. The van der Waals surface area contributed by atoms with E-state index < -0.39 is 5.97 Å². The molecule has 0 aliphatic heterocycles. The first-order valence-electron chi connectivity index (χ1n) is 7.65. The van der Waals surface area contributed by atoms with Crippen LogP contribution in [-0.2, 0) is 14.3 Å². The van der Waals surface area contributed by atoms with Gasteiger partial charge in [0.1, 0.15) is 5.75 Å². The van der Waals surface area contributed by atoms with Gasteiger partial charge in [-0.25, -0.2) is 4.79 Å². The van der Waals surface area contributed by atoms with E-state index in [1.54, 1.807) is 6.07 Å². The highest BCUT2D eigenvalue weighted by atomic mass is 16.6. The highest BCUT2D eigenvalue weighted by Gasteiger charge is 2.10. The Morgan fingerprint density at radius 3 is 2.57 bits per heavy atom. The lowest BCUT2D eigenvalue weighted by Gasteiger charge is -2.11. The molecule has 0 aromatic heterocycles. The second kappa shape index (κ2) is 8.17. The molecule has 0 bridgehead atoms. The quantitative estimate of drug-likeness (QED) is 0.798. The number of hydrogen-bond acceptors (Lipinski definition) is 4. The van der Waals surface area contributed by atoms with Crippen LogP contribution in [0.15, 0.2) is 42.5 Å². The summed E-state index contributed by atoms with van der Waals surface area (Å²) in [6.45, 7) is 3.34. The van der Waals surface area contributed by atoms with E-state index in [2.05, 4.69) is 5.32 Å². The van der Waals surface area contributed by atoms with Crippen LogP contribution in [0, 0.1) is 0 Å². The number of nitrogens with one attached hydrogen (secondary N) is 1. The lowest BCUT2D eigenvalue weighted by atomic mass is 10.1. The monoisotopic (exact) mass is 315 g/mol. The van der Waals surface area contributed by atoms with Crippen LogP contribution in [0.4, 0.5) is 0 Å². The van der Waals surface area contributed by atoms with Crippen molar-refractivity contribution >= 4 is 22.6 Å². The fourth-order valence-electron chi connectivity index (χ4n) is 2.01. The number of benzene rings is 2. The minimum absolute atomic E-state index is 0.0649. The summed E-state index contributed by atoms with van der Waals surface area (Å²) in [5, 5.41) is 4.86. The Morgan fingerprint density at radius 2 is 1.83 bits per heavy atom. The summed E-state index contributed by atoms with van der Waals surface area (Å²) in [5.74, 6) is -0.291. The van der Waals surface area contributed by atoms with Crippen LogP contribution in [0.3, 0.4) is 0 Å². The van der Waals surface area contributed by atoms with Gasteiger partial charge in [0, 0.05) is 6.04 Å². The fourth-order valence-corrected chi connectivity index (χ4v) is 2.01. The van der Waals surface area contributed by atoms with Gasteiger partial charge in [-0.05, 0) is 36.2 Å². The second-order valence-electron chi connectivity index (χ2n) is 5.34. The maximum absolute atomic E-state index is 11.6. The molecule has 2 aromatic rings. The van der Waals surface area contributed by atoms with Crippen molar-refractivity contribution in [3.8, 4) is 5.75 Å². The van der Waals surface area contributed by atoms with Crippen molar-refractivity contribution in [2.45, 2.75) is 26.3 Å². The topological polar surface area (TPSA) is 64.6 Å². The van der Waals surface area contributed by atoms with Crippen LogP contribution in [0.1, 0.15) is 20.3 Å². The van der Waals surface area contributed by atoms with E-state index in [1.165, 1.54) is 0 Å². The molecule has 23 heavy (non-hydrogen) atoms. The van der Waals surface area contributed by atoms with E-state index in [0.717, 1.165) is 17.2 Å². The van der Waals surface area contributed by atoms with E-state index >= 15 is 0 Å². The highest BCUT2D eigenvalue weighted by molar-refractivity contribution is 5.84. The van der Waals surface area contributed by atoms with Crippen LogP contribution in [-0.4, -0.2) is 31.1 Å². The van der Waals surface area contributed by atoms with Crippen molar-refractivity contribution in [1.82, 2.24) is 5.32 Å². The van der Waals surface area contributed by atoms with Crippen LogP contribution < -0.4 is 10.1 Å². The average molecular weight is 315 g/mol.